The SMILES string of the molecule is Cc1cccc(C)c1N1CCS/C1=N\N=C\c1ccc(-c2ncn(-c3ccc(OC(F)(F)F)cc3)n2)cc1. The number of aryl methyl sites for hydroxylation is 2. The monoisotopic (exact) mass is 536 g/mol. The van der Waals surface area contributed by atoms with Crippen LogP contribution in [0.5, 0.6) is 5.75 Å². The van der Waals surface area contributed by atoms with E-state index < -0.39 is 6.36 Å². The Hall–Kier alpha value is -4.12. The van der Waals surface area contributed by atoms with Crippen molar-refractivity contribution in [1.82, 2.24) is 14.8 Å². The minimum Gasteiger partial charge on any atom is -0.406 e. The van der Waals surface area contributed by atoms with Crippen molar-refractivity contribution in [3.63, 3.8) is 0 Å². The van der Waals surface area contributed by atoms with Crippen molar-refractivity contribution in [3.8, 4) is 22.8 Å². The van der Waals surface area contributed by atoms with Crippen molar-refractivity contribution < 1.29 is 17.9 Å². The third kappa shape index (κ3) is 5.88. The van der Waals surface area contributed by atoms with Crippen LogP contribution in [0.1, 0.15) is 16.7 Å². The third-order valence-corrected chi connectivity index (χ3v) is 6.78. The summed E-state index contributed by atoms with van der Waals surface area (Å²) in [7, 11) is 0. The van der Waals surface area contributed by atoms with Crippen LogP contribution in [0.2, 0.25) is 0 Å². The first-order chi connectivity index (χ1) is 18.3. The normalized spacial score (nSPS) is 15.1. The molecule has 4 aromatic rings. The molecular formula is C27H23F3N6OS. The lowest BCUT2D eigenvalue weighted by atomic mass is 10.1. The third-order valence-electron chi connectivity index (χ3n) is 5.83. The van der Waals surface area contributed by atoms with Gasteiger partial charge in [-0.05, 0) is 54.8 Å². The van der Waals surface area contributed by atoms with Crippen LogP contribution < -0.4 is 9.64 Å². The number of para-hydroxylation sites is 1. The lowest BCUT2D eigenvalue weighted by Crippen LogP contribution is -2.25. The molecule has 0 spiro atoms. The molecule has 3 aromatic carbocycles. The molecule has 0 unspecified atom stereocenters. The van der Waals surface area contributed by atoms with E-state index in [4.69, 9.17) is 0 Å². The van der Waals surface area contributed by atoms with Crippen LogP contribution in [0, 0.1) is 13.8 Å². The van der Waals surface area contributed by atoms with Gasteiger partial charge in [-0.3, -0.25) is 0 Å². The van der Waals surface area contributed by atoms with Gasteiger partial charge in [0, 0.05) is 23.5 Å². The Bertz CT molecular complexity index is 1460. The molecule has 1 fully saturated rings. The van der Waals surface area contributed by atoms with Crippen molar-refractivity contribution in [3.05, 3.63) is 89.7 Å². The Balaban J connectivity index is 1.26. The van der Waals surface area contributed by atoms with Gasteiger partial charge in [-0.1, -0.05) is 54.2 Å². The second kappa shape index (κ2) is 10.7. The number of anilines is 1. The van der Waals surface area contributed by atoms with Crippen molar-refractivity contribution >= 4 is 28.8 Å². The predicted molar refractivity (Wildman–Crippen MR) is 144 cm³/mol. The van der Waals surface area contributed by atoms with Crippen LogP contribution in [-0.4, -0.2) is 44.8 Å². The van der Waals surface area contributed by atoms with E-state index in [2.05, 4.69) is 62.0 Å². The maximum absolute atomic E-state index is 12.4. The van der Waals surface area contributed by atoms with Crippen LogP contribution in [0.15, 0.2) is 83.3 Å². The van der Waals surface area contributed by atoms with E-state index in [-0.39, 0.29) is 5.75 Å². The Morgan fingerprint density at radius 3 is 2.37 bits per heavy atom. The molecule has 0 radical (unpaired) electrons. The molecule has 1 saturated heterocycles. The first-order valence-corrected chi connectivity index (χ1v) is 12.7. The Labute approximate surface area is 221 Å². The Morgan fingerprint density at radius 2 is 1.68 bits per heavy atom. The maximum atomic E-state index is 12.4. The highest BCUT2D eigenvalue weighted by molar-refractivity contribution is 8.14. The number of hydrogen-bond donors (Lipinski definition) is 0. The van der Waals surface area contributed by atoms with E-state index in [0.717, 1.165) is 28.6 Å². The molecule has 0 saturated carbocycles. The topological polar surface area (TPSA) is 67.9 Å². The van der Waals surface area contributed by atoms with Crippen molar-refractivity contribution in [1.29, 1.82) is 0 Å². The van der Waals surface area contributed by atoms with Gasteiger partial charge in [-0.2, -0.15) is 5.10 Å². The van der Waals surface area contributed by atoms with E-state index in [9.17, 15) is 13.2 Å². The summed E-state index contributed by atoms with van der Waals surface area (Å²) in [5.74, 6) is 1.14. The van der Waals surface area contributed by atoms with Crippen LogP contribution in [0.3, 0.4) is 0 Å². The molecule has 0 bridgehead atoms. The van der Waals surface area contributed by atoms with Gasteiger partial charge in [-0.25, -0.2) is 9.67 Å². The number of hydrogen-bond acceptors (Lipinski definition) is 6. The second-order valence-electron chi connectivity index (χ2n) is 8.54. The number of halogens is 3. The molecule has 5 rings (SSSR count). The molecule has 0 aliphatic carbocycles. The van der Waals surface area contributed by atoms with Crippen LogP contribution in [-0.2, 0) is 0 Å². The van der Waals surface area contributed by atoms with Gasteiger partial charge in [0.25, 0.3) is 0 Å². The smallest absolute Gasteiger partial charge is 0.406 e. The lowest BCUT2D eigenvalue weighted by molar-refractivity contribution is -0.274. The summed E-state index contributed by atoms with van der Waals surface area (Å²) in [5, 5.41) is 14.1. The highest BCUT2D eigenvalue weighted by Crippen LogP contribution is 2.31. The summed E-state index contributed by atoms with van der Waals surface area (Å²) in [6.07, 6.45) is -1.53. The van der Waals surface area contributed by atoms with Gasteiger partial charge >= 0.3 is 6.36 Å². The highest BCUT2D eigenvalue weighted by Gasteiger charge is 2.31. The Kier molecular flexibility index (Phi) is 7.19. The summed E-state index contributed by atoms with van der Waals surface area (Å²) in [4.78, 5) is 6.53. The highest BCUT2D eigenvalue weighted by atomic mass is 32.2. The average molecular weight is 537 g/mol. The molecule has 0 amide bonds. The van der Waals surface area contributed by atoms with Gasteiger partial charge in [0.05, 0.1) is 11.9 Å². The van der Waals surface area contributed by atoms with Crippen LogP contribution in [0.25, 0.3) is 17.1 Å². The number of thioether (sulfide) groups is 1. The van der Waals surface area contributed by atoms with Gasteiger partial charge in [0.1, 0.15) is 12.1 Å². The van der Waals surface area contributed by atoms with Gasteiger partial charge in [-0.15, -0.1) is 23.4 Å². The average Bonchev–Trinajstić information content (AvgIpc) is 3.55. The van der Waals surface area contributed by atoms with Crippen molar-refractivity contribution in [2.24, 2.45) is 10.2 Å². The summed E-state index contributed by atoms with van der Waals surface area (Å²) in [6, 6.07) is 19.2. The molecule has 0 atom stereocenters. The van der Waals surface area contributed by atoms with Crippen molar-refractivity contribution in [2.75, 3.05) is 17.2 Å². The molecule has 7 nitrogen and oxygen atoms in total. The minimum atomic E-state index is -4.73. The zero-order valence-electron chi connectivity index (χ0n) is 20.6. The first-order valence-electron chi connectivity index (χ1n) is 11.7. The largest absolute Gasteiger partial charge is 0.573 e. The maximum Gasteiger partial charge on any atom is 0.573 e. The van der Waals surface area contributed by atoms with Crippen LogP contribution in [0.4, 0.5) is 18.9 Å². The number of ether oxygens (including phenoxy) is 1. The summed E-state index contributed by atoms with van der Waals surface area (Å²) in [6.45, 7) is 5.11. The fraction of sp³-hybridized carbons (Fsp3) is 0.185. The van der Waals surface area contributed by atoms with E-state index in [1.54, 1.807) is 18.0 Å². The van der Waals surface area contributed by atoms with Crippen LogP contribution >= 0.6 is 11.8 Å². The number of benzene rings is 3. The van der Waals surface area contributed by atoms with E-state index in [0.29, 0.717) is 11.5 Å². The molecule has 194 valence electrons. The van der Waals surface area contributed by atoms with Gasteiger partial charge in [0.2, 0.25) is 0 Å². The molecule has 38 heavy (non-hydrogen) atoms. The van der Waals surface area contributed by atoms with E-state index in [1.165, 1.54) is 52.1 Å². The molecule has 1 aliphatic heterocycles. The standard InChI is InChI=1S/C27H23F3N6OS/c1-18-4-3-5-19(2)24(18)35-14-15-38-26(35)33-32-16-20-6-8-21(9-7-20)25-31-17-36(34-25)22-10-12-23(13-11-22)37-27(28,29)30/h3-13,16-17H,14-15H2,1-2H3/b32-16+,33-26-. The Morgan fingerprint density at radius 1 is 0.974 bits per heavy atom. The number of amidine groups is 1. The summed E-state index contributed by atoms with van der Waals surface area (Å²) < 4.78 is 42.5. The molecular weight excluding hydrogens is 513 g/mol. The van der Waals surface area contributed by atoms with Gasteiger partial charge in [0.15, 0.2) is 11.0 Å². The fourth-order valence-electron chi connectivity index (χ4n) is 4.11. The minimum absolute atomic E-state index is 0.298. The molecule has 0 N–H and O–H groups in total. The number of rotatable bonds is 6. The van der Waals surface area contributed by atoms with Crippen molar-refractivity contribution in [2.45, 2.75) is 20.2 Å². The fourth-order valence-corrected chi connectivity index (χ4v) is 5.01. The molecule has 1 aliphatic rings. The second-order valence-corrected chi connectivity index (χ2v) is 9.61. The molecule has 11 heteroatoms. The van der Waals surface area contributed by atoms with Gasteiger partial charge < -0.3 is 9.64 Å². The zero-order valence-corrected chi connectivity index (χ0v) is 21.4. The summed E-state index contributed by atoms with van der Waals surface area (Å²) >= 11 is 1.69. The predicted octanol–water partition coefficient (Wildman–Crippen LogP) is 6.39. The molecule has 1 aromatic heterocycles. The number of alkyl halides is 3. The number of nitrogens with zero attached hydrogens (tertiary/aromatic N) is 6. The quantitative estimate of drug-likeness (QED) is 0.211. The molecule has 2 heterocycles. The number of aromatic nitrogens is 3. The van der Waals surface area contributed by atoms with E-state index in [1.807, 2.05) is 24.3 Å². The summed E-state index contributed by atoms with van der Waals surface area (Å²) in [5.41, 5.74) is 5.83. The zero-order chi connectivity index (χ0) is 26.7. The lowest BCUT2D eigenvalue weighted by Gasteiger charge is -2.21. The first kappa shape index (κ1) is 25.5. The van der Waals surface area contributed by atoms with E-state index >= 15 is 0 Å².